The lowest BCUT2D eigenvalue weighted by Gasteiger charge is -2.46. The quantitative estimate of drug-likeness (QED) is 0.671. The van der Waals surface area contributed by atoms with Crippen LogP contribution in [0.15, 0.2) is 53.5 Å². The molecule has 166 valence electrons. The van der Waals surface area contributed by atoms with Crippen LogP contribution < -0.4 is 5.56 Å². The highest BCUT2D eigenvalue weighted by molar-refractivity contribution is 5.68. The van der Waals surface area contributed by atoms with Crippen molar-refractivity contribution in [2.24, 2.45) is 11.3 Å². The van der Waals surface area contributed by atoms with E-state index in [1.807, 2.05) is 72.8 Å². The highest BCUT2D eigenvalue weighted by atomic mass is 16.6. The first-order valence-corrected chi connectivity index (χ1v) is 11.5. The van der Waals surface area contributed by atoms with E-state index in [9.17, 15) is 9.59 Å². The van der Waals surface area contributed by atoms with Crippen LogP contribution in [0.1, 0.15) is 52.9 Å². The maximum Gasteiger partial charge on any atom is 0.410 e. The normalized spacial score (nSPS) is 20.7. The molecule has 2 fully saturated rings. The average Bonchev–Trinajstić information content (AvgIpc) is 3.19. The van der Waals surface area contributed by atoms with Gasteiger partial charge >= 0.3 is 6.09 Å². The summed E-state index contributed by atoms with van der Waals surface area (Å²) in [4.78, 5) is 27.5. The van der Waals surface area contributed by atoms with E-state index in [2.05, 4.69) is 0 Å². The van der Waals surface area contributed by atoms with Crippen molar-refractivity contribution in [3.05, 3.63) is 59.0 Å². The number of piperidine rings is 1. The van der Waals surface area contributed by atoms with Gasteiger partial charge in [0.15, 0.2) is 0 Å². The van der Waals surface area contributed by atoms with Gasteiger partial charge in [-0.05, 0) is 68.6 Å². The van der Waals surface area contributed by atoms with Gasteiger partial charge in [-0.25, -0.2) is 4.79 Å². The van der Waals surface area contributed by atoms with E-state index in [1.165, 1.54) is 12.8 Å². The van der Waals surface area contributed by atoms with Crippen molar-refractivity contribution in [1.82, 2.24) is 9.47 Å². The van der Waals surface area contributed by atoms with Crippen LogP contribution >= 0.6 is 0 Å². The summed E-state index contributed by atoms with van der Waals surface area (Å²) in [6.07, 6.45) is 7.27. The highest BCUT2D eigenvalue weighted by Gasteiger charge is 2.46. The molecule has 0 bridgehead atoms. The van der Waals surface area contributed by atoms with Crippen molar-refractivity contribution in [3.8, 4) is 11.1 Å². The minimum absolute atomic E-state index is 0.0454. The Morgan fingerprint density at radius 1 is 1.10 bits per heavy atom. The van der Waals surface area contributed by atoms with Crippen molar-refractivity contribution in [2.45, 2.75) is 65.0 Å². The van der Waals surface area contributed by atoms with Crippen LogP contribution in [0, 0.1) is 11.3 Å². The lowest BCUT2D eigenvalue weighted by Crippen LogP contribution is -2.52. The second-order valence-corrected chi connectivity index (χ2v) is 10.2. The van der Waals surface area contributed by atoms with Gasteiger partial charge < -0.3 is 14.2 Å². The van der Waals surface area contributed by atoms with Crippen LogP contribution in [0.25, 0.3) is 11.1 Å². The molecule has 2 aromatic rings. The van der Waals surface area contributed by atoms with Crippen LogP contribution in [-0.2, 0) is 11.3 Å². The van der Waals surface area contributed by atoms with Crippen LogP contribution in [-0.4, -0.2) is 34.3 Å². The SMILES string of the molecule is CC(C)(C)OC(=O)N1CCC(Cn2ccc(-c3ccccc3)cc2=O)C2(CCCC2)C1. The number of benzene rings is 1. The number of aromatic nitrogens is 1. The Balaban J connectivity index is 1.51. The zero-order valence-corrected chi connectivity index (χ0v) is 19.0. The number of rotatable bonds is 3. The predicted octanol–water partition coefficient (Wildman–Crippen LogP) is 5.33. The molecular weight excluding hydrogens is 388 g/mol. The summed E-state index contributed by atoms with van der Waals surface area (Å²) in [5.41, 5.74) is 1.67. The molecule has 1 saturated carbocycles. The van der Waals surface area contributed by atoms with Gasteiger partial charge in [-0.15, -0.1) is 0 Å². The molecule has 1 aromatic heterocycles. The number of hydrogen-bond donors (Lipinski definition) is 0. The summed E-state index contributed by atoms with van der Waals surface area (Å²) in [7, 11) is 0. The Labute approximate surface area is 185 Å². The van der Waals surface area contributed by atoms with Crippen LogP contribution in [0.3, 0.4) is 0 Å². The fraction of sp³-hybridized carbons (Fsp3) is 0.538. The van der Waals surface area contributed by atoms with E-state index < -0.39 is 5.60 Å². The summed E-state index contributed by atoms with van der Waals surface area (Å²) in [5, 5.41) is 0. The number of amides is 1. The molecule has 5 heteroatoms. The smallest absolute Gasteiger partial charge is 0.410 e. The third kappa shape index (κ3) is 4.86. The van der Waals surface area contributed by atoms with E-state index in [0.717, 1.165) is 43.5 Å². The molecule has 0 radical (unpaired) electrons. The number of carbonyl (C=O) groups excluding carboxylic acids is 1. The van der Waals surface area contributed by atoms with Crippen LogP contribution in [0.5, 0.6) is 0 Å². The third-order valence-electron chi connectivity index (χ3n) is 6.89. The minimum atomic E-state index is -0.482. The zero-order chi connectivity index (χ0) is 22.1. The molecule has 4 rings (SSSR count). The summed E-state index contributed by atoms with van der Waals surface area (Å²) >= 11 is 0. The van der Waals surface area contributed by atoms with Gasteiger partial charge in [0.2, 0.25) is 0 Å². The van der Waals surface area contributed by atoms with E-state index in [4.69, 9.17) is 4.74 Å². The Hall–Kier alpha value is -2.56. The first-order valence-electron chi connectivity index (χ1n) is 11.5. The Kier molecular flexibility index (Phi) is 5.96. The monoisotopic (exact) mass is 422 g/mol. The predicted molar refractivity (Wildman–Crippen MR) is 123 cm³/mol. The lowest BCUT2D eigenvalue weighted by molar-refractivity contribution is -0.0156. The van der Waals surface area contributed by atoms with Crippen molar-refractivity contribution in [1.29, 1.82) is 0 Å². The molecule has 1 aliphatic heterocycles. The van der Waals surface area contributed by atoms with E-state index in [1.54, 1.807) is 6.07 Å². The first-order chi connectivity index (χ1) is 14.8. The number of nitrogens with zero attached hydrogens (tertiary/aromatic N) is 2. The number of pyridine rings is 1. The molecule has 1 aromatic carbocycles. The van der Waals surface area contributed by atoms with Gasteiger partial charge in [0.1, 0.15) is 5.60 Å². The molecule has 1 saturated heterocycles. The van der Waals surface area contributed by atoms with E-state index >= 15 is 0 Å². The summed E-state index contributed by atoms with van der Waals surface area (Å²) < 4.78 is 7.50. The van der Waals surface area contributed by atoms with Crippen molar-refractivity contribution in [2.75, 3.05) is 13.1 Å². The number of likely N-dealkylation sites (tertiary alicyclic amines) is 1. The molecule has 0 N–H and O–H groups in total. The molecule has 1 atom stereocenters. The topological polar surface area (TPSA) is 51.5 Å². The summed E-state index contributed by atoms with van der Waals surface area (Å²) in [5.74, 6) is 0.397. The van der Waals surface area contributed by atoms with E-state index in [0.29, 0.717) is 12.5 Å². The third-order valence-corrected chi connectivity index (χ3v) is 6.89. The highest BCUT2D eigenvalue weighted by Crippen LogP contribution is 2.49. The van der Waals surface area contributed by atoms with Gasteiger partial charge in [0.25, 0.3) is 5.56 Å². The number of carbonyl (C=O) groups is 1. The summed E-state index contributed by atoms with van der Waals surface area (Å²) in [6.45, 7) is 7.88. The molecular formula is C26H34N2O3. The second kappa shape index (κ2) is 8.52. The standard InChI is InChI=1S/C26H34N2O3/c1-25(2,3)31-24(30)28-16-12-22(26(19-28)13-7-8-14-26)18-27-15-11-21(17-23(27)29)20-9-5-4-6-10-20/h4-6,9-11,15,17,22H,7-8,12-14,16,18-19H2,1-3H3. The fourth-order valence-corrected chi connectivity index (χ4v) is 5.33. The molecule has 31 heavy (non-hydrogen) atoms. The van der Waals surface area contributed by atoms with Gasteiger partial charge in [-0.2, -0.15) is 0 Å². The Bertz CT molecular complexity index is 968. The largest absolute Gasteiger partial charge is 0.444 e. The van der Waals surface area contributed by atoms with Gasteiger partial charge in [0.05, 0.1) is 0 Å². The average molecular weight is 423 g/mol. The van der Waals surface area contributed by atoms with Gasteiger partial charge in [0, 0.05) is 31.9 Å². The Morgan fingerprint density at radius 2 is 1.81 bits per heavy atom. The molecule has 1 unspecified atom stereocenters. The van der Waals surface area contributed by atoms with Crippen molar-refractivity contribution in [3.63, 3.8) is 0 Å². The minimum Gasteiger partial charge on any atom is -0.444 e. The van der Waals surface area contributed by atoms with Crippen LogP contribution in [0.4, 0.5) is 4.79 Å². The summed E-state index contributed by atoms with van der Waals surface area (Å²) in [6, 6.07) is 13.8. The van der Waals surface area contributed by atoms with E-state index in [-0.39, 0.29) is 17.1 Å². The molecule has 2 heterocycles. The lowest BCUT2D eigenvalue weighted by atomic mass is 9.69. The fourth-order valence-electron chi connectivity index (χ4n) is 5.33. The maximum atomic E-state index is 12.9. The molecule has 1 aliphatic carbocycles. The van der Waals surface area contributed by atoms with Gasteiger partial charge in [-0.1, -0.05) is 43.2 Å². The molecule has 5 nitrogen and oxygen atoms in total. The number of ether oxygens (including phenoxy) is 1. The zero-order valence-electron chi connectivity index (χ0n) is 19.0. The second-order valence-electron chi connectivity index (χ2n) is 10.2. The number of hydrogen-bond acceptors (Lipinski definition) is 3. The van der Waals surface area contributed by atoms with Crippen LogP contribution in [0.2, 0.25) is 0 Å². The van der Waals surface area contributed by atoms with Crippen molar-refractivity contribution < 1.29 is 9.53 Å². The Morgan fingerprint density at radius 3 is 2.45 bits per heavy atom. The van der Waals surface area contributed by atoms with Crippen molar-refractivity contribution >= 4 is 6.09 Å². The maximum absolute atomic E-state index is 12.9. The molecule has 1 amide bonds. The van der Waals surface area contributed by atoms with Gasteiger partial charge in [-0.3, -0.25) is 4.79 Å². The molecule has 2 aliphatic rings. The first kappa shape index (κ1) is 21.7. The molecule has 1 spiro atoms.